The number of carbonyl (C=O) groups excluding carboxylic acids is 2. The molecule has 0 bridgehead atoms. The lowest BCUT2D eigenvalue weighted by atomic mass is 9.80. The summed E-state index contributed by atoms with van der Waals surface area (Å²) in [6, 6.07) is 0. The van der Waals surface area contributed by atoms with Gasteiger partial charge >= 0.3 is 12.2 Å². The Morgan fingerprint density at radius 3 is 2.27 bits per heavy atom. The molecule has 1 fully saturated rings. The summed E-state index contributed by atoms with van der Waals surface area (Å²) in [7, 11) is 1.37. The summed E-state index contributed by atoms with van der Waals surface area (Å²) in [5.41, 5.74) is 8.22. The minimum absolute atomic E-state index is 0.0786. The fourth-order valence-electron chi connectivity index (χ4n) is 1.94. The predicted octanol–water partition coefficient (Wildman–Crippen LogP) is 0.835. The number of methoxy groups -OCH3 is 1. The minimum atomic E-state index is -0.197. The summed E-state index contributed by atoms with van der Waals surface area (Å²) in [5, 5.41) is 0. The van der Waals surface area contributed by atoms with Crippen molar-refractivity contribution >= 4 is 18.0 Å². The number of ketones is 1. The topological polar surface area (TPSA) is 79.8 Å². The molecule has 0 atom stereocenters. The SMILES string of the molecule is COC(=O)[C@H]1CC[C@H](C(=O)C=[N+]=[N-])CC1. The lowest BCUT2D eigenvalue weighted by molar-refractivity contribution is -0.147. The van der Waals surface area contributed by atoms with E-state index in [1.54, 1.807) is 0 Å². The van der Waals surface area contributed by atoms with Crippen molar-refractivity contribution in [3.05, 3.63) is 5.53 Å². The Hall–Kier alpha value is -1.48. The van der Waals surface area contributed by atoms with Crippen molar-refractivity contribution in [2.24, 2.45) is 11.8 Å². The normalized spacial score (nSPS) is 25.1. The molecule has 82 valence electrons. The van der Waals surface area contributed by atoms with E-state index < -0.39 is 0 Å². The maximum Gasteiger partial charge on any atom is 0.323 e. The molecule has 0 aromatic heterocycles. The molecule has 0 radical (unpaired) electrons. The number of Topliss-reactive ketones (excluding diaryl/α,β-unsaturated/α-hetero) is 1. The van der Waals surface area contributed by atoms with Crippen LogP contribution in [0.15, 0.2) is 0 Å². The van der Waals surface area contributed by atoms with Crippen molar-refractivity contribution in [1.82, 2.24) is 0 Å². The Morgan fingerprint density at radius 1 is 1.27 bits per heavy atom. The standard InChI is InChI=1S/C10H14N2O3/c1-15-10(14)8-4-2-7(3-5-8)9(13)6-12-11/h6-8H,2-5H2,1H3/t7-,8-. The van der Waals surface area contributed by atoms with Gasteiger partial charge in [0.1, 0.15) is 0 Å². The van der Waals surface area contributed by atoms with Crippen LogP contribution >= 0.6 is 0 Å². The van der Waals surface area contributed by atoms with E-state index in [2.05, 4.69) is 9.53 Å². The third-order valence-electron chi connectivity index (χ3n) is 2.85. The first-order valence-corrected chi connectivity index (χ1v) is 4.98. The van der Waals surface area contributed by atoms with Crippen LogP contribution in [0.4, 0.5) is 0 Å². The number of rotatable bonds is 3. The highest BCUT2D eigenvalue weighted by Crippen LogP contribution is 2.29. The summed E-state index contributed by atoms with van der Waals surface area (Å²) in [6.07, 6.45) is 3.59. The summed E-state index contributed by atoms with van der Waals surface area (Å²) >= 11 is 0. The predicted molar refractivity (Wildman–Crippen MR) is 52.2 cm³/mol. The van der Waals surface area contributed by atoms with E-state index in [1.165, 1.54) is 7.11 Å². The first kappa shape index (κ1) is 11.6. The fourth-order valence-corrected chi connectivity index (χ4v) is 1.94. The highest BCUT2D eigenvalue weighted by molar-refractivity contribution is 6.26. The second-order valence-electron chi connectivity index (χ2n) is 3.72. The molecule has 0 amide bonds. The van der Waals surface area contributed by atoms with Gasteiger partial charge in [-0.3, -0.25) is 9.59 Å². The number of ether oxygens (including phenoxy) is 1. The molecule has 0 aromatic rings. The average molecular weight is 210 g/mol. The highest BCUT2D eigenvalue weighted by Gasteiger charge is 2.30. The van der Waals surface area contributed by atoms with E-state index in [1.807, 2.05) is 0 Å². The zero-order chi connectivity index (χ0) is 11.3. The van der Waals surface area contributed by atoms with Crippen LogP contribution in [-0.2, 0) is 14.3 Å². The maximum atomic E-state index is 11.3. The van der Waals surface area contributed by atoms with Crippen molar-refractivity contribution in [2.45, 2.75) is 25.7 Å². The average Bonchev–Trinajstić information content (AvgIpc) is 2.28. The van der Waals surface area contributed by atoms with Gasteiger partial charge in [-0.25, -0.2) is 0 Å². The van der Waals surface area contributed by atoms with Gasteiger partial charge in [0.15, 0.2) is 0 Å². The Kier molecular flexibility index (Phi) is 4.18. The van der Waals surface area contributed by atoms with Crippen LogP contribution in [0.3, 0.4) is 0 Å². The number of nitrogens with zero attached hydrogens (tertiary/aromatic N) is 2. The Morgan fingerprint density at radius 2 is 1.80 bits per heavy atom. The molecule has 0 unspecified atom stereocenters. The zero-order valence-corrected chi connectivity index (χ0v) is 8.68. The van der Waals surface area contributed by atoms with Crippen molar-refractivity contribution in [1.29, 1.82) is 0 Å². The Labute approximate surface area is 88.0 Å². The summed E-state index contributed by atoms with van der Waals surface area (Å²) in [5.74, 6) is -0.551. The third kappa shape index (κ3) is 2.99. The molecule has 0 saturated heterocycles. The molecular formula is C10H14N2O3. The van der Waals surface area contributed by atoms with Gasteiger partial charge in [0.25, 0.3) is 0 Å². The number of carbonyl (C=O) groups is 2. The van der Waals surface area contributed by atoms with E-state index >= 15 is 0 Å². The quantitative estimate of drug-likeness (QED) is 0.299. The monoisotopic (exact) mass is 210 g/mol. The molecular weight excluding hydrogens is 196 g/mol. The second-order valence-corrected chi connectivity index (χ2v) is 3.72. The molecule has 1 aliphatic carbocycles. The molecule has 5 heteroatoms. The Balaban J connectivity index is 2.45. The van der Waals surface area contributed by atoms with E-state index in [9.17, 15) is 9.59 Å². The molecule has 15 heavy (non-hydrogen) atoms. The first-order valence-electron chi connectivity index (χ1n) is 4.98. The van der Waals surface area contributed by atoms with Gasteiger partial charge < -0.3 is 10.3 Å². The Bertz CT molecular complexity index is 300. The van der Waals surface area contributed by atoms with Crippen LogP contribution in [0, 0.1) is 11.8 Å². The van der Waals surface area contributed by atoms with Crippen LogP contribution in [0.25, 0.3) is 5.53 Å². The third-order valence-corrected chi connectivity index (χ3v) is 2.85. The van der Waals surface area contributed by atoms with E-state index in [4.69, 9.17) is 5.53 Å². The molecule has 0 aromatic carbocycles. The van der Waals surface area contributed by atoms with Crippen molar-refractivity contribution in [3.8, 4) is 0 Å². The molecule has 1 rings (SSSR count). The van der Waals surface area contributed by atoms with Crippen LogP contribution < -0.4 is 0 Å². The second kappa shape index (κ2) is 5.41. The molecule has 0 N–H and O–H groups in total. The molecule has 5 nitrogen and oxygen atoms in total. The van der Waals surface area contributed by atoms with Crippen molar-refractivity contribution in [3.63, 3.8) is 0 Å². The maximum absolute atomic E-state index is 11.3. The van der Waals surface area contributed by atoms with Gasteiger partial charge in [-0.15, -0.1) is 0 Å². The first-order chi connectivity index (χ1) is 7.19. The van der Waals surface area contributed by atoms with Gasteiger partial charge in [0.2, 0.25) is 5.78 Å². The van der Waals surface area contributed by atoms with Crippen LogP contribution in [0.5, 0.6) is 0 Å². The van der Waals surface area contributed by atoms with Crippen molar-refractivity contribution in [2.75, 3.05) is 7.11 Å². The molecule has 1 aliphatic rings. The van der Waals surface area contributed by atoms with Gasteiger partial charge in [-0.05, 0) is 25.7 Å². The van der Waals surface area contributed by atoms with E-state index in [0.717, 1.165) is 6.21 Å². The molecule has 1 saturated carbocycles. The summed E-state index contributed by atoms with van der Waals surface area (Å²) in [6.45, 7) is 0. The van der Waals surface area contributed by atoms with E-state index in [-0.39, 0.29) is 23.6 Å². The molecule has 0 spiro atoms. The van der Waals surface area contributed by atoms with Gasteiger partial charge in [0.05, 0.1) is 13.0 Å². The minimum Gasteiger partial charge on any atom is -0.469 e. The molecule has 0 aliphatic heterocycles. The summed E-state index contributed by atoms with van der Waals surface area (Å²) < 4.78 is 4.64. The number of hydrogen-bond donors (Lipinski definition) is 0. The van der Waals surface area contributed by atoms with Gasteiger partial charge in [0, 0.05) is 5.92 Å². The largest absolute Gasteiger partial charge is 0.469 e. The highest BCUT2D eigenvalue weighted by atomic mass is 16.5. The van der Waals surface area contributed by atoms with Crippen LogP contribution in [-0.4, -0.2) is 29.9 Å². The lowest BCUT2D eigenvalue weighted by Gasteiger charge is -2.23. The smallest absolute Gasteiger partial charge is 0.323 e. The van der Waals surface area contributed by atoms with E-state index in [0.29, 0.717) is 25.7 Å². The number of esters is 1. The fraction of sp³-hybridized carbons (Fsp3) is 0.700. The molecule has 0 heterocycles. The summed E-state index contributed by atoms with van der Waals surface area (Å²) in [4.78, 5) is 25.2. The van der Waals surface area contributed by atoms with Crippen molar-refractivity contribution < 1.29 is 19.1 Å². The van der Waals surface area contributed by atoms with Gasteiger partial charge in [-0.2, -0.15) is 4.79 Å². The zero-order valence-electron chi connectivity index (χ0n) is 8.68. The number of hydrogen-bond acceptors (Lipinski definition) is 3. The lowest BCUT2D eigenvalue weighted by Crippen LogP contribution is -2.27. The van der Waals surface area contributed by atoms with Crippen LogP contribution in [0.2, 0.25) is 0 Å². The van der Waals surface area contributed by atoms with Crippen LogP contribution in [0.1, 0.15) is 25.7 Å². The van der Waals surface area contributed by atoms with Gasteiger partial charge in [-0.1, -0.05) is 0 Å².